The summed E-state index contributed by atoms with van der Waals surface area (Å²) in [5.74, 6) is 1.66. The molecule has 1 aromatic carbocycles. The minimum atomic E-state index is -0.474. The third-order valence-electron chi connectivity index (χ3n) is 6.21. The van der Waals surface area contributed by atoms with Crippen LogP contribution in [0.1, 0.15) is 76.7 Å². The van der Waals surface area contributed by atoms with Gasteiger partial charge in [0.25, 0.3) is 0 Å². The quantitative estimate of drug-likeness (QED) is 0.537. The molecule has 0 aromatic heterocycles. The molecule has 0 bridgehead atoms. The molecule has 0 N–H and O–H groups in total. The fourth-order valence-electron chi connectivity index (χ4n) is 4.73. The van der Waals surface area contributed by atoms with Gasteiger partial charge in [0.05, 0.1) is 0 Å². The molecule has 0 aliphatic heterocycles. The van der Waals surface area contributed by atoms with Crippen molar-refractivity contribution in [3.05, 3.63) is 41.5 Å². The van der Waals surface area contributed by atoms with E-state index >= 15 is 0 Å². The molecule has 1 unspecified atom stereocenters. The summed E-state index contributed by atoms with van der Waals surface area (Å²) in [6.07, 6.45) is 15.2. The van der Waals surface area contributed by atoms with E-state index in [1.54, 1.807) is 0 Å². The molecule has 1 fully saturated rings. The number of allylic oxidation sites excluding steroid dienone is 2. The Morgan fingerprint density at radius 3 is 2.21 bits per heavy atom. The SMILES string of the molecule is CCCCC1CCC(C2CC=C(c3cc(F)cc(F)c3)CC2)CC1. The van der Waals surface area contributed by atoms with E-state index in [2.05, 4.69) is 13.0 Å². The molecule has 0 spiro atoms. The lowest BCUT2D eigenvalue weighted by Crippen LogP contribution is -2.23. The lowest BCUT2D eigenvalue weighted by atomic mass is 9.70. The smallest absolute Gasteiger partial charge is 0.126 e. The maximum Gasteiger partial charge on any atom is 0.126 e. The summed E-state index contributed by atoms with van der Waals surface area (Å²) < 4.78 is 26.8. The molecule has 2 heteroatoms. The van der Waals surface area contributed by atoms with E-state index in [1.165, 1.54) is 63.5 Å². The first-order valence-electron chi connectivity index (χ1n) is 9.81. The molecule has 132 valence electrons. The predicted octanol–water partition coefficient (Wildman–Crippen LogP) is 7.14. The Hall–Kier alpha value is -1.18. The molecule has 0 amide bonds. The van der Waals surface area contributed by atoms with Gasteiger partial charge in [0.1, 0.15) is 11.6 Å². The minimum absolute atomic E-state index is 0.474. The van der Waals surface area contributed by atoms with Crippen LogP contribution in [-0.2, 0) is 0 Å². The van der Waals surface area contributed by atoms with Crippen LogP contribution in [0, 0.1) is 29.4 Å². The van der Waals surface area contributed by atoms with Crippen molar-refractivity contribution in [1.29, 1.82) is 0 Å². The van der Waals surface area contributed by atoms with Crippen molar-refractivity contribution >= 4 is 5.57 Å². The van der Waals surface area contributed by atoms with Crippen molar-refractivity contribution in [3.8, 4) is 0 Å². The molecule has 2 aliphatic rings. The first kappa shape index (κ1) is 17.6. The zero-order valence-electron chi connectivity index (χ0n) is 14.9. The number of benzene rings is 1. The Balaban J connectivity index is 1.54. The highest BCUT2D eigenvalue weighted by Gasteiger charge is 2.28. The maximum absolute atomic E-state index is 13.4. The van der Waals surface area contributed by atoms with Crippen molar-refractivity contribution < 1.29 is 8.78 Å². The van der Waals surface area contributed by atoms with Crippen molar-refractivity contribution in [3.63, 3.8) is 0 Å². The van der Waals surface area contributed by atoms with Crippen molar-refractivity contribution in [2.45, 2.75) is 71.1 Å². The first-order chi connectivity index (χ1) is 11.7. The molecule has 0 heterocycles. The molecule has 3 rings (SSSR count). The van der Waals surface area contributed by atoms with Crippen LogP contribution >= 0.6 is 0 Å². The van der Waals surface area contributed by atoms with Gasteiger partial charge in [-0.05, 0) is 73.1 Å². The molecular formula is C22H30F2. The second-order valence-electron chi connectivity index (χ2n) is 7.84. The Kier molecular flexibility index (Phi) is 6.08. The topological polar surface area (TPSA) is 0 Å². The van der Waals surface area contributed by atoms with Gasteiger partial charge in [0.15, 0.2) is 0 Å². The zero-order chi connectivity index (χ0) is 16.9. The van der Waals surface area contributed by atoms with Gasteiger partial charge in [0.2, 0.25) is 0 Å². The average Bonchev–Trinajstić information content (AvgIpc) is 2.60. The highest BCUT2D eigenvalue weighted by Crippen LogP contribution is 2.42. The molecule has 1 atom stereocenters. The average molecular weight is 332 g/mol. The lowest BCUT2D eigenvalue weighted by Gasteiger charge is -2.35. The second-order valence-corrected chi connectivity index (χ2v) is 7.84. The standard InChI is InChI=1S/C22H30F2/c1-2-3-4-16-5-7-17(8-6-16)18-9-11-19(12-10-18)20-13-21(23)15-22(24)14-20/h11,13-18H,2-10,12H2,1H3. The fraction of sp³-hybridized carbons (Fsp3) is 0.636. The largest absolute Gasteiger partial charge is 0.207 e. The maximum atomic E-state index is 13.4. The van der Waals surface area contributed by atoms with Gasteiger partial charge in [-0.25, -0.2) is 8.78 Å². The van der Waals surface area contributed by atoms with Crippen molar-refractivity contribution in [2.24, 2.45) is 17.8 Å². The van der Waals surface area contributed by atoms with Crippen LogP contribution in [0.5, 0.6) is 0 Å². The van der Waals surface area contributed by atoms with E-state index in [0.717, 1.165) is 47.8 Å². The van der Waals surface area contributed by atoms with E-state index in [0.29, 0.717) is 0 Å². The molecular weight excluding hydrogens is 302 g/mol. The Labute approximate surface area is 145 Å². The van der Waals surface area contributed by atoms with Crippen LogP contribution in [0.2, 0.25) is 0 Å². The highest BCUT2D eigenvalue weighted by molar-refractivity contribution is 5.66. The predicted molar refractivity (Wildman–Crippen MR) is 96.6 cm³/mol. The van der Waals surface area contributed by atoms with Gasteiger partial charge in [-0.3, -0.25) is 0 Å². The van der Waals surface area contributed by atoms with Gasteiger partial charge in [-0.1, -0.05) is 45.1 Å². The highest BCUT2D eigenvalue weighted by atomic mass is 19.1. The first-order valence-corrected chi connectivity index (χ1v) is 9.81. The monoisotopic (exact) mass is 332 g/mol. The number of unbranched alkanes of at least 4 members (excludes halogenated alkanes) is 1. The normalized spacial score (nSPS) is 27.8. The van der Waals surface area contributed by atoms with Crippen LogP contribution < -0.4 is 0 Å². The number of halogens is 2. The Bertz CT molecular complexity index is 547. The number of hydrogen-bond donors (Lipinski definition) is 0. The molecule has 0 saturated heterocycles. The van der Waals surface area contributed by atoms with Crippen LogP contribution in [0.3, 0.4) is 0 Å². The molecule has 2 aliphatic carbocycles. The minimum Gasteiger partial charge on any atom is -0.207 e. The van der Waals surface area contributed by atoms with Crippen LogP contribution in [0.4, 0.5) is 8.78 Å². The summed E-state index contributed by atoms with van der Waals surface area (Å²) in [6.45, 7) is 2.28. The fourth-order valence-corrected chi connectivity index (χ4v) is 4.73. The zero-order valence-corrected chi connectivity index (χ0v) is 14.9. The summed E-state index contributed by atoms with van der Waals surface area (Å²) >= 11 is 0. The van der Waals surface area contributed by atoms with Gasteiger partial charge < -0.3 is 0 Å². The summed E-state index contributed by atoms with van der Waals surface area (Å²) in [6, 6.07) is 3.88. The van der Waals surface area contributed by atoms with Gasteiger partial charge in [-0.15, -0.1) is 0 Å². The summed E-state index contributed by atoms with van der Waals surface area (Å²) in [5, 5.41) is 0. The molecule has 24 heavy (non-hydrogen) atoms. The summed E-state index contributed by atoms with van der Waals surface area (Å²) in [4.78, 5) is 0. The second kappa shape index (κ2) is 8.27. The van der Waals surface area contributed by atoms with E-state index in [-0.39, 0.29) is 0 Å². The molecule has 1 saturated carbocycles. The Morgan fingerprint density at radius 1 is 0.917 bits per heavy atom. The molecule has 0 nitrogen and oxygen atoms in total. The lowest BCUT2D eigenvalue weighted by molar-refractivity contribution is 0.188. The van der Waals surface area contributed by atoms with E-state index in [4.69, 9.17) is 0 Å². The number of hydrogen-bond acceptors (Lipinski definition) is 0. The summed E-state index contributed by atoms with van der Waals surface area (Å²) in [7, 11) is 0. The van der Waals surface area contributed by atoms with Crippen molar-refractivity contribution in [1.82, 2.24) is 0 Å². The third kappa shape index (κ3) is 4.46. The van der Waals surface area contributed by atoms with E-state index in [9.17, 15) is 8.78 Å². The van der Waals surface area contributed by atoms with E-state index in [1.807, 2.05) is 0 Å². The van der Waals surface area contributed by atoms with Crippen molar-refractivity contribution in [2.75, 3.05) is 0 Å². The number of rotatable bonds is 5. The van der Waals surface area contributed by atoms with Gasteiger partial charge in [-0.2, -0.15) is 0 Å². The molecule has 0 radical (unpaired) electrons. The third-order valence-corrected chi connectivity index (χ3v) is 6.21. The van der Waals surface area contributed by atoms with Gasteiger partial charge in [0, 0.05) is 6.07 Å². The van der Waals surface area contributed by atoms with Crippen LogP contribution in [0.25, 0.3) is 5.57 Å². The van der Waals surface area contributed by atoms with Crippen LogP contribution in [0.15, 0.2) is 24.3 Å². The Morgan fingerprint density at radius 2 is 1.62 bits per heavy atom. The summed E-state index contributed by atoms with van der Waals surface area (Å²) in [5.41, 5.74) is 1.86. The van der Waals surface area contributed by atoms with Crippen LogP contribution in [-0.4, -0.2) is 0 Å². The van der Waals surface area contributed by atoms with Gasteiger partial charge >= 0.3 is 0 Å². The molecule has 1 aromatic rings. The van der Waals surface area contributed by atoms with E-state index < -0.39 is 11.6 Å².